The normalized spacial score (nSPS) is 14.7. The van der Waals surface area contributed by atoms with Gasteiger partial charge in [0.25, 0.3) is 0 Å². The second kappa shape index (κ2) is 50.4. The number of amides is 1. The minimum atomic E-state index is -0.887. The lowest BCUT2D eigenvalue weighted by Crippen LogP contribution is -2.52. The van der Waals surface area contributed by atoms with Crippen molar-refractivity contribution in [1.29, 1.82) is 5.26 Å². The summed E-state index contributed by atoms with van der Waals surface area (Å²) in [6.07, 6.45) is 47.9. The molecule has 2 aromatic heterocycles. The van der Waals surface area contributed by atoms with E-state index in [2.05, 4.69) is 55.0 Å². The molecule has 19 heteroatoms. The van der Waals surface area contributed by atoms with Gasteiger partial charge in [-0.15, -0.1) is 0 Å². The third-order valence-electron chi connectivity index (χ3n) is 18.2. The van der Waals surface area contributed by atoms with Crippen LogP contribution in [0.4, 0.5) is 10.6 Å². The Bertz CT molecular complexity index is 2760. The molecule has 2 unspecified atom stereocenters. The van der Waals surface area contributed by atoms with Crippen molar-refractivity contribution in [3.63, 3.8) is 0 Å². The van der Waals surface area contributed by atoms with Gasteiger partial charge in [0.1, 0.15) is 38.4 Å². The highest BCUT2D eigenvalue weighted by atomic mass is 35.5. The van der Waals surface area contributed by atoms with Gasteiger partial charge in [-0.1, -0.05) is 223 Å². The number of unbranched alkanes of at least 4 members (excludes halogenated alkanes) is 25. The molecule has 0 spiro atoms. The van der Waals surface area contributed by atoms with E-state index in [1.165, 1.54) is 113 Å². The maximum atomic E-state index is 13.4. The first-order chi connectivity index (χ1) is 46.5. The average Bonchev–Trinajstić information content (AvgIpc) is 1.56. The van der Waals surface area contributed by atoms with Crippen molar-refractivity contribution in [2.75, 3.05) is 38.3 Å². The lowest BCUT2D eigenvalue weighted by atomic mass is 9.92. The van der Waals surface area contributed by atoms with Crippen LogP contribution in [0.5, 0.6) is 5.75 Å². The molecule has 0 bridgehead atoms. The maximum Gasteiger partial charge on any atom is 0.420 e. The van der Waals surface area contributed by atoms with Crippen molar-refractivity contribution >= 4 is 75.9 Å². The van der Waals surface area contributed by atoms with Gasteiger partial charge in [-0.2, -0.15) is 5.26 Å². The van der Waals surface area contributed by atoms with Gasteiger partial charge in [0.05, 0.1) is 27.5 Å². The summed E-state index contributed by atoms with van der Waals surface area (Å²) in [6.45, 7) is 11.1. The molecule has 0 N–H and O–H groups in total. The molecule has 3 heterocycles. The number of hydrogen-bond acceptors (Lipinski definition) is 15. The van der Waals surface area contributed by atoms with Gasteiger partial charge in [0.2, 0.25) is 5.91 Å². The van der Waals surface area contributed by atoms with Crippen LogP contribution in [-0.4, -0.2) is 101 Å². The maximum absolute atomic E-state index is 13.4. The molecule has 0 saturated carbocycles. The number of carbonyl (C=O) groups is 6. The molecule has 3 aromatic rings. The van der Waals surface area contributed by atoms with Gasteiger partial charge in [0.15, 0.2) is 17.5 Å². The SMILES string of the molecule is CCCCCCCC/C=C\CCCCCCCC(=O)OCC(COC(=O)CCCCCCC/C=C\CCCCCCCC)OC(=O)CC(C)CCCCCCC(C)CC(=O)Oc1c(Cl)cc(COC(=O)n2ccc3c(N(C)[C@@H]4CN(C(=O)CC#N)CC[C@H]4C)ncnc32)cc1Cl. The summed E-state index contributed by atoms with van der Waals surface area (Å²) in [4.78, 5) is 90.7. The zero-order valence-electron chi connectivity index (χ0n) is 59.4. The second-order valence-corrected chi connectivity index (χ2v) is 27.7. The molecule has 1 aliphatic rings. The van der Waals surface area contributed by atoms with Gasteiger partial charge in [-0.3, -0.25) is 24.0 Å². The highest BCUT2D eigenvalue weighted by molar-refractivity contribution is 6.37. The van der Waals surface area contributed by atoms with Crippen LogP contribution in [0.15, 0.2) is 55.0 Å². The van der Waals surface area contributed by atoms with Gasteiger partial charge in [0, 0.05) is 52.0 Å². The summed E-state index contributed by atoms with van der Waals surface area (Å²) < 4.78 is 29.6. The van der Waals surface area contributed by atoms with E-state index in [4.69, 9.17) is 52.1 Å². The van der Waals surface area contributed by atoms with Crippen molar-refractivity contribution in [1.82, 2.24) is 19.4 Å². The lowest BCUT2D eigenvalue weighted by molar-refractivity contribution is -0.167. The Morgan fingerprint density at radius 3 is 1.64 bits per heavy atom. The van der Waals surface area contributed by atoms with Crippen LogP contribution in [0.3, 0.4) is 0 Å². The number of benzene rings is 1. The van der Waals surface area contributed by atoms with E-state index in [1.54, 1.807) is 17.2 Å². The molecule has 0 radical (unpaired) electrons. The molecule has 536 valence electrons. The molecule has 96 heavy (non-hydrogen) atoms. The van der Waals surface area contributed by atoms with Crippen LogP contribution in [-0.2, 0) is 49.5 Å². The summed E-state index contributed by atoms with van der Waals surface area (Å²) in [5.74, 6) is -0.844. The van der Waals surface area contributed by atoms with Crippen LogP contribution < -0.4 is 9.64 Å². The van der Waals surface area contributed by atoms with E-state index in [1.807, 2.05) is 31.9 Å². The Balaban J connectivity index is 1.13. The van der Waals surface area contributed by atoms with Crippen molar-refractivity contribution in [3.05, 3.63) is 70.6 Å². The first-order valence-corrected chi connectivity index (χ1v) is 37.7. The van der Waals surface area contributed by atoms with Crippen LogP contribution in [0.2, 0.25) is 10.0 Å². The Hall–Kier alpha value is -5.99. The van der Waals surface area contributed by atoms with Gasteiger partial charge >= 0.3 is 30.0 Å². The number of nitrogens with zero attached hydrogens (tertiary/aromatic N) is 6. The van der Waals surface area contributed by atoms with E-state index in [0.29, 0.717) is 35.5 Å². The Labute approximate surface area is 585 Å². The second-order valence-electron chi connectivity index (χ2n) is 26.9. The van der Waals surface area contributed by atoms with Gasteiger partial charge < -0.3 is 33.5 Å². The summed E-state index contributed by atoms with van der Waals surface area (Å²) in [6, 6.07) is 6.68. The quantitative estimate of drug-likeness (QED) is 0.0169. The van der Waals surface area contributed by atoms with Crippen LogP contribution in [0.25, 0.3) is 11.0 Å². The van der Waals surface area contributed by atoms with E-state index in [0.717, 1.165) is 122 Å². The summed E-state index contributed by atoms with van der Waals surface area (Å²) in [5, 5.41) is 9.88. The molecule has 17 nitrogen and oxygen atoms in total. The number of ether oxygens (including phenoxy) is 5. The monoisotopic (exact) mass is 1370 g/mol. The highest BCUT2D eigenvalue weighted by Crippen LogP contribution is 2.36. The smallest absolute Gasteiger partial charge is 0.420 e. The van der Waals surface area contributed by atoms with Crippen LogP contribution >= 0.6 is 23.2 Å². The minimum Gasteiger partial charge on any atom is -0.462 e. The lowest BCUT2D eigenvalue weighted by Gasteiger charge is -2.42. The molecular formula is C77H118Cl2N6O11. The van der Waals surface area contributed by atoms with E-state index < -0.39 is 24.1 Å². The summed E-state index contributed by atoms with van der Waals surface area (Å²) in [7, 11) is 1.90. The number of piperidine rings is 1. The predicted molar refractivity (Wildman–Crippen MR) is 384 cm³/mol. The number of likely N-dealkylation sites (N-methyl/N-ethyl adjacent to an activating group) is 1. The Kier molecular flexibility index (Phi) is 43.2. The number of nitriles is 1. The van der Waals surface area contributed by atoms with Crippen molar-refractivity contribution in [3.8, 4) is 11.8 Å². The fourth-order valence-electron chi connectivity index (χ4n) is 12.3. The third-order valence-corrected chi connectivity index (χ3v) is 18.8. The number of rotatable bonds is 52. The predicted octanol–water partition coefficient (Wildman–Crippen LogP) is 19.9. The molecule has 0 aliphatic carbocycles. The number of fused-ring (bicyclic) bond motifs is 1. The van der Waals surface area contributed by atoms with Crippen molar-refractivity contribution < 1.29 is 52.5 Å². The third kappa shape index (κ3) is 34.5. The Morgan fingerprint density at radius 2 is 1.12 bits per heavy atom. The molecule has 4 atom stereocenters. The van der Waals surface area contributed by atoms with Gasteiger partial charge in [-0.25, -0.2) is 19.3 Å². The topological polar surface area (TPSA) is 210 Å². The van der Waals surface area contributed by atoms with Crippen molar-refractivity contribution in [2.24, 2.45) is 17.8 Å². The molecule has 4 rings (SSSR count). The Morgan fingerprint density at radius 1 is 0.646 bits per heavy atom. The van der Waals surface area contributed by atoms with E-state index >= 15 is 0 Å². The van der Waals surface area contributed by atoms with Crippen LogP contribution in [0.1, 0.15) is 284 Å². The number of allylic oxidation sites excluding steroid dienone is 4. The molecule has 1 aromatic carbocycles. The summed E-state index contributed by atoms with van der Waals surface area (Å²) in [5.41, 5.74) is 0.817. The standard InChI is InChI=1S/C77H118Cl2N6O11/c1-7-9-11-13-15-17-19-21-23-25-27-29-31-33-39-43-70(87)92-57-64(58-93-71(88)44-40-34-32-30-28-26-24-22-20-18-16-14-12-10-8-2)95-72(89)51-60(3)41-37-35-36-38-42-61(4)52-73(90)96-74-66(78)53-63(54-67(74)79)56-94-77(91)85-50-47-65-75(81-59-82-76(65)85)83(6)68-55-84(49-46-62(68)5)69(86)45-48-80/h21-24,47,50,53-54,59-62,64,68H,7-20,25-46,49,51-52,55-58H2,1-6H3/b23-21-,24-22-/t60?,61?,62-,68-/m1/s1. The minimum absolute atomic E-state index is 0.0270. The average molecular weight is 1370 g/mol. The number of halogens is 2. The number of carbonyl (C=O) groups excluding carboxylic acids is 6. The summed E-state index contributed by atoms with van der Waals surface area (Å²) >= 11 is 13.2. The highest BCUT2D eigenvalue weighted by Gasteiger charge is 2.33. The first kappa shape index (κ1) is 82.4. The number of anilines is 1. The number of esters is 4. The van der Waals surface area contributed by atoms with Crippen molar-refractivity contribution in [2.45, 2.75) is 297 Å². The van der Waals surface area contributed by atoms with E-state index in [9.17, 15) is 28.8 Å². The zero-order chi connectivity index (χ0) is 69.6. The molecule has 1 saturated heterocycles. The largest absolute Gasteiger partial charge is 0.462 e. The van der Waals surface area contributed by atoms with Gasteiger partial charge in [-0.05, 0) is 112 Å². The molecular weight excluding hydrogens is 1260 g/mol. The molecule has 1 amide bonds. The fraction of sp³-hybridized carbons (Fsp3) is 0.701. The zero-order valence-corrected chi connectivity index (χ0v) is 60.9. The molecule has 1 fully saturated rings. The fourth-order valence-corrected chi connectivity index (χ4v) is 12.9. The number of hydrogen-bond donors (Lipinski definition) is 0. The first-order valence-electron chi connectivity index (χ1n) is 36.9. The van der Waals surface area contributed by atoms with E-state index in [-0.39, 0.29) is 109 Å². The number of likely N-dealkylation sites (tertiary alicyclic amines) is 1. The van der Waals surface area contributed by atoms with Crippen LogP contribution in [0, 0.1) is 29.1 Å². The molecule has 1 aliphatic heterocycles. The number of aromatic nitrogens is 3.